The van der Waals surface area contributed by atoms with Crippen molar-refractivity contribution in [3.8, 4) is 0 Å². The molecule has 0 bridgehead atoms. The fraction of sp³-hybridized carbons (Fsp3) is 1.00. The standard InChI is InChI=1S/C7H17N3/c1-10-7-3-5(8)2-6(9)4-7/h5-7,10H,2-4,8-9H2,1H3/t5-,6+,7-. The van der Waals surface area contributed by atoms with Crippen molar-refractivity contribution in [2.24, 2.45) is 11.5 Å². The zero-order valence-corrected chi connectivity index (χ0v) is 6.51. The van der Waals surface area contributed by atoms with Crippen LogP contribution in [0.25, 0.3) is 0 Å². The van der Waals surface area contributed by atoms with Crippen LogP contribution in [-0.4, -0.2) is 25.2 Å². The Morgan fingerprint density at radius 3 is 2.00 bits per heavy atom. The van der Waals surface area contributed by atoms with Gasteiger partial charge in [0.2, 0.25) is 0 Å². The summed E-state index contributed by atoms with van der Waals surface area (Å²) in [5.74, 6) is 0. The Bertz CT molecular complexity index is 95.0. The van der Waals surface area contributed by atoms with E-state index in [1.54, 1.807) is 0 Å². The third kappa shape index (κ3) is 1.94. The van der Waals surface area contributed by atoms with E-state index in [9.17, 15) is 0 Å². The molecule has 0 aromatic rings. The Balaban J connectivity index is 2.35. The van der Waals surface area contributed by atoms with E-state index in [2.05, 4.69) is 5.32 Å². The Kier molecular flexibility index (Phi) is 2.65. The Labute approximate surface area is 62.2 Å². The summed E-state index contributed by atoms with van der Waals surface area (Å²) in [5.41, 5.74) is 11.5. The van der Waals surface area contributed by atoms with E-state index in [1.165, 1.54) is 0 Å². The maximum atomic E-state index is 5.77. The van der Waals surface area contributed by atoms with Crippen LogP contribution in [0.1, 0.15) is 19.3 Å². The minimum absolute atomic E-state index is 0.307. The summed E-state index contributed by atoms with van der Waals surface area (Å²) in [5, 5.41) is 3.20. The van der Waals surface area contributed by atoms with E-state index in [1.807, 2.05) is 7.05 Å². The molecule has 0 spiro atoms. The van der Waals surface area contributed by atoms with Crippen LogP contribution in [0.3, 0.4) is 0 Å². The average Bonchev–Trinajstić information content (AvgIpc) is 1.85. The van der Waals surface area contributed by atoms with E-state index in [0.717, 1.165) is 19.3 Å². The molecule has 60 valence electrons. The van der Waals surface area contributed by atoms with Crippen molar-refractivity contribution in [1.29, 1.82) is 0 Å². The Morgan fingerprint density at radius 2 is 1.60 bits per heavy atom. The number of nitrogens with one attached hydrogen (secondary N) is 1. The van der Waals surface area contributed by atoms with Crippen molar-refractivity contribution in [2.45, 2.75) is 37.4 Å². The van der Waals surface area contributed by atoms with Gasteiger partial charge in [-0.05, 0) is 26.3 Å². The lowest BCUT2D eigenvalue weighted by Crippen LogP contribution is -2.46. The van der Waals surface area contributed by atoms with Crippen LogP contribution in [0.4, 0.5) is 0 Å². The predicted octanol–water partition coefficient (Wildman–Crippen LogP) is -0.587. The van der Waals surface area contributed by atoms with Gasteiger partial charge in [-0.3, -0.25) is 0 Å². The third-order valence-corrected chi connectivity index (χ3v) is 2.19. The van der Waals surface area contributed by atoms with Gasteiger partial charge < -0.3 is 16.8 Å². The molecule has 1 aliphatic rings. The van der Waals surface area contributed by atoms with Gasteiger partial charge >= 0.3 is 0 Å². The zero-order valence-electron chi connectivity index (χ0n) is 6.51. The molecule has 1 fully saturated rings. The molecule has 0 heterocycles. The third-order valence-electron chi connectivity index (χ3n) is 2.19. The molecule has 0 radical (unpaired) electrons. The normalized spacial score (nSPS) is 41.7. The van der Waals surface area contributed by atoms with Crippen LogP contribution in [0.2, 0.25) is 0 Å². The zero-order chi connectivity index (χ0) is 7.56. The molecule has 3 heteroatoms. The summed E-state index contributed by atoms with van der Waals surface area (Å²) in [6, 6.07) is 1.15. The van der Waals surface area contributed by atoms with Gasteiger partial charge in [0.15, 0.2) is 0 Å². The smallest absolute Gasteiger partial charge is 0.00935 e. The fourth-order valence-electron chi connectivity index (χ4n) is 1.64. The lowest BCUT2D eigenvalue weighted by molar-refractivity contribution is 0.321. The number of rotatable bonds is 1. The monoisotopic (exact) mass is 143 g/mol. The second-order valence-corrected chi connectivity index (χ2v) is 3.21. The molecule has 0 aromatic heterocycles. The van der Waals surface area contributed by atoms with Crippen molar-refractivity contribution in [3.63, 3.8) is 0 Å². The highest BCUT2D eigenvalue weighted by Gasteiger charge is 2.22. The van der Waals surface area contributed by atoms with Gasteiger partial charge in [-0.15, -0.1) is 0 Å². The molecule has 5 N–H and O–H groups in total. The van der Waals surface area contributed by atoms with Crippen molar-refractivity contribution < 1.29 is 0 Å². The summed E-state index contributed by atoms with van der Waals surface area (Å²) >= 11 is 0. The van der Waals surface area contributed by atoms with Crippen LogP contribution < -0.4 is 16.8 Å². The Morgan fingerprint density at radius 1 is 1.10 bits per heavy atom. The molecule has 1 rings (SSSR count). The molecule has 10 heavy (non-hydrogen) atoms. The van der Waals surface area contributed by atoms with Gasteiger partial charge in [0.25, 0.3) is 0 Å². The van der Waals surface area contributed by atoms with E-state index >= 15 is 0 Å². The lowest BCUT2D eigenvalue weighted by atomic mass is 9.88. The predicted molar refractivity (Wildman–Crippen MR) is 42.6 cm³/mol. The number of hydrogen-bond acceptors (Lipinski definition) is 3. The van der Waals surface area contributed by atoms with Crippen LogP contribution in [-0.2, 0) is 0 Å². The highest BCUT2D eigenvalue weighted by molar-refractivity contribution is 4.85. The lowest BCUT2D eigenvalue weighted by Gasteiger charge is -2.30. The highest BCUT2D eigenvalue weighted by atomic mass is 14.9. The first-order chi connectivity index (χ1) is 4.72. The number of hydrogen-bond donors (Lipinski definition) is 3. The molecule has 0 aliphatic heterocycles. The van der Waals surface area contributed by atoms with Crippen LogP contribution in [0.15, 0.2) is 0 Å². The molecule has 3 nitrogen and oxygen atoms in total. The topological polar surface area (TPSA) is 64.1 Å². The largest absolute Gasteiger partial charge is 0.328 e. The molecule has 3 atom stereocenters. The molecular formula is C7H17N3. The van der Waals surface area contributed by atoms with Gasteiger partial charge in [0.1, 0.15) is 0 Å². The van der Waals surface area contributed by atoms with E-state index in [0.29, 0.717) is 18.1 Å². The maximum absolute atomic E-state index is 5.77. The first-order valence-electron chi connectivity index (χ1n) is 3.90. The number of nitrogens with two attached hydrogens (primary N) is 2. The van der Waals surface area contributed by atoms with E-state index in [-0.39, 0.29) is 0 Å². The fourth-order valence-corrected chi connectivity index (χ4v) is 1.64. The first-order valence-corrected chi connectivity index (χ1v) is 3.90. The summed E-state index contributed by atoms with van der Waals surface area (Å²) in [6.45, 7) is 0. The van der Waals surface area contributed by atoms with E-state index in [4.69, 9.17) is 11.5 Å². The van der Waals surface area contributed by atoms with Gasteiger partial charge in [-0.2, -0.15) is 0 Å². The summed E-state index contributed by atoms with van der Waals surface area (Å²) < 4.78 is 0. The molecule has 1 saturated carbocycles. The van der Waals surface area contributed by atoms with Gasteiger partial charge in [-0.25, -0.2) is 0 Å². The van der Waals surface area contributed by atoms with Gasteiger partial charge in [0, 0.05) is 18.1 Å². The Hall–Kier alpha value is -0.120. The molecule has 0 aromatic carbocycles. The van der Waals surface area contributed by atoms with Crippen LogP contribution in [0, 0.1) is 0 Å². The molecule has 0 saturated heterocycles. The molecular weight excluding hydrogens is 126 g/mol. The summed E-state index contributed by atoms with van der Waals surface area (Å²) in [4.78, 5) is 0. The van der Waals surface area contributed by atoms with Gasteiger partial charge in [-0.1, -0.05) is 0 Å². The highest BCUT2D eigenvalue weighted by Crippen LogP contribution is 2.15. The minimum Gasteiger partial charge on any atom is -0.328 e. The van der Waals surface area contributed by atoms with Crippen LogP contribution >= 0.6 is 0 Å². The second kappa shape index (κ2) is 3.32. The van der Waals surface area contributed by atoms with Crippen molar-refractivity contribution in [1.82, 2.24) is 5.32 Å². The SMILES string of the molecule is CN[C@@H]1C[C@H](N)C[C@H](N)C1. The molecule has 0 amide bonds. The van der Waals surface area contributed by atoms with Gasteiger partial charge in [0.05, 0.1) is 0 Å². The maximum Gasteiger partial charge on any atom is 0.00935 e. The first kappa shape index (κ1) is 7.98. The van der Waals surface area contributed by atoms with Crippen LogP contribution in [0.5, 0.6) is 0 Å². The minimum atomic E-state index is 0.307. The van der Waals surface area contributed by atoms with Crippen molar-refractivity contribution in [2.75, 3.05) is 7.05 Å². The second-order valence-electron chi connectivity index (χ2n) is 3.21. The molecule has 1 aliphatic carbocycles. The quantitative estimate of drug-likeness (QED) is 0.460. The summed E-state index contributed by atoms with van der Waals surface area (Å²) in [7, 11) is 1.97. The average molecular weight is 143 g/mol. The molecule has 0 unspecified atom stereocenters. The van der Waals surface area contributed by atoms with E-state index < -0.39 is 0 Å². The van der Waals surface area contributed by atoms with Crippen molar-refractivity contribution in [3.05, 3.63) is 0 Å². The summed E-state index contributed by atoms with van der Waals surface area (Å²) in [6.07, 6.45) is 3.13. The van der Waals surface area contributed by atoms with Crippen molar-refractivity contribution >= 4 is 0 Å².